The third-order valence-corrected chi connectivity index (χ3v) is 7.78. The average Bonchev–Trinajstić information content (AvgIpc) is 3.24. The predicted molar refractivity (Wildman–Crippen MR) is 157 cm³/mol. The lowest BCUT2D eigenvalue weighted by Crippen LogP contribution is -2.40. The Labute approximate surface area is 242 Å². The number of rotatable bonds is 7. The van der Waals surface area contributed by atoms with E-state index in [1.807, 2.05) is 62.4 Å². The molecular weight excluding hydrogens is 595 g/mol. The van der Waals surface area contributed by atoms with Crippen LogP contribution < -0.4 is 19.6 Å². The first-order valence-electron chi connectivity index (χ1n) is 12.8. The fourth-order valence-corrected chi connectivity index (χ4v) is 6.00. The molecule has 0 saturated heterocycles. The minimum Gasteiger partial charge on any atom is -0.490 e. The van der Waals surface area contributed by atoms with Crippen LogP contribution in [0.3, 0.4) is 0 Å². The van der Waals surface area contributed by atoms with Crippen molar-refractivity contribution in [1.82, 2.24) is 4.57 Å². The van der Waals surface area contributed by atoms with Crippen molar-refractivity contribution in [2.24, 2.45) is 4.99 Å². The summed E-state index contributed by atoms with van der Waals surface area (Å²) < 4.78 is 27.9. The minimum atomic E-state index is -0.859. The van der Waals surface area contributed by atoms with Gasteiger partial charge in [-0.25, -0.2) is 14.2 Å². The molecule has 0 bridgehead atoms. The van der Waals surface area contributed by atoms with Gasteiger partial charge >= 0.3 is 5.97 Å². The van der Waals surface area contributed by atoms with Gasteiger partial charge in [0.2, 0.25) is 0 Å². The summed E-state index contributed by atoms with van der Waals surface area (Å²) in [5.41, 5.74) is 2.39. The number of aromatic nitrogens is 1. The van der Waals surface area contributed by atoms with Crippen LogP contribution in [0.1, 0.15) is 43.5 Å². The minimum absolute atomic E-state index is 0.0182. The van der Waals surface area contributed by atoms with Gasteiger partial charge in [0.25, 0.3) is 5.56 Å². The molecule has 40 heavy (non-hydrogen) atoms. The quantitative estimate of drug-likeness (QED) is 0.251. The number of hydrogen-bond donors (Lipinski definition) is 0. The number of ether oxygens (including phenoxy) is 2. The number of esters is 1. The number of halogens is 2. The van der Waals surface area contributed by atoms with Crippen molar-refractivity contribution >= 4 is 45.0 Å². The second-order valence-electron chi connectivity index (χ2n) is 9.34. The van der Waals surface area contributed by atoms with E-state index in [1.54, 1.807) is 25.1 Å². The molecule has 0 spiro atoms. The second kappa shape index (κ2) is 11.7. The summed E-state index contributed by atoms with van der Waals surface area (Å²) in [7, 11) is 0. The van der Waals surface area contributed by atoms with Gasteiger partial charge in [0.05, 0.1) is 39.0 Å². The van der Waals surface area contributed by atoms with Crippen molar-refractivity contribution in [3.05, 3.63) is 125 Å². The lowest BCUT2D eigenvalue weighted by Gasteiger charge is -2.25. The van der Waals surface area contributed by atoms with Gasteiger partial charge < -0.3 is 9.47 Å². The molecule has 0 amide bonds. The van der Waals surface area contributed by atoms with E-state index in [-0.39, 0.29) is 23.8 Å². The molecule has 3 aromatic carbocycles. The summed E-state index contributed by atoms with van der Waals surface area (Å²) in [6, 6.07) is 19.8. The van der Waals surface area contributed by atoms with Gasteiger partial charge in [0.15, 0.2) is 4.80 Å². The van der Waals surface area contributed by atoms with Gasteiger partial charge in [0.1, 0.15) is 11.6 Å². The Hall–Kier alpha value is -3.82. The number of nitrogens with zero attached hydrogens (tertiary/aromatic N) is 2. The van der Waals surface area contributed by atoms with Crippen LogP contribution >= 0.6 is 27.3 Å². The fourth-order valence-electron chi connectivity index (χ4n) is 4.51. The molecule has 6 nitrogen and oxygen atoms in total. The molecule has 5 rings (SSSR count). The van der Waals surface area contributed by atoms with Crippen molar-refractivity contribution in [3.8, 4) is 5.75 Å². The van der Waals surface area contributed by atoms with E-state index in [2.05, 4.69) is 15.9 Å². The zero-order valence-electron chi connectivity index (χ0n) is 22.1. The van der Waals surface area contributed by atoms with E-state index in [9.17, 15) is 14.0 Å². The van der Waals surface area contributed by atoms with E-state index in [1.165, 1.54) is 28.0 Å². The Morgan fingerprint density at radius 1 is 1.12 bits per heavy atom. The van der Waals surface area contributed by atoms with Crippen molar-refractivity contribution in [3.63, 3.8) is 0 Å². The van der Waals surface area contributed by atoms with Crippen LogP contribution in [0.2, 0.25) is 0 Å². The van der Waals surface area contributed by atoms with Crippen LogP contribution in [0.25, 0.3) is 11.8 Å². The Bertz CT molecular complexity index is 1780. The smallest absolute Gasteiger partial charge is 0.338 e. The monoisotopic (exact) mass is 620 g/mol. The molecule has 0 aliphatic carbocycles. The zero-order chi connectivity index (χ0) is 28.4. The SMILES string of the molecule is CCOC(=O)C1=C(c2ccccc2)N=c2s/c(=C\c3ccc(OC(C)C)c(Br)c3)c(=O)n2[C@@H]1c1ccc(F)cc1. The highest BCUT2D eigenvalue weighted by atomic mass is 79.9. The maximum Gasteiger partial charge on any atom is 0.338 e. The number of thiazole rings is 1. The third kappa shape index (κ3) is 5.57. The molecule has 9 heteroatoms. The van der Waals surface area contributed by atoms with Crippen molar-refractivity contribution in [2.45, 2.75) is 32.9 Å². The van der Waals surface area contributed by atoms with Gasteiger partial charge in [-0.1, -0.05) is 59.9 Å². The number of carbonyl (C=O) groups is 1. The first kappa shape index (κ1) is 27.7. The predicted octanol–water partition coefficient (Wildman–Crippen LogP) is 5.62. The van der Waals surface area contributed by atoms with Gasteiger partial charge in [-0.2, -0.15) is 0 Å². The Morgan fingerprint density at radius 3 is 2.50 bits per heavy atom. The highest BCUT2D eigenvalue weighted by Gasteiger charge is 2.35. The van der Waals surface area contributed by atoms with Gasteiger partial charge in [0, 0.05) is 5.56 Å². The molecule has 0 N–H and O–H groups in total. The summed E-state index contributed by atoms with van der Waals surface area (Å²) >= 11 is 4.78. The molecule has 204 valence electrons. The van der Waals surface area contributed by atoms with E-state index in [4.69, 9.17) is 14.5 Å². The maximum absolute atomic E-state index is 13.9. The van der Waals surface area contributed by atoms with Gasteiger partial charge in [-0.05, 0) is 78.2 Å². The fraction of sp³-hybridized carbons (Fsp3) is 0.194. The van der Waals surface area contributed by atoms with Crippen LogP contribution in [0, 0.1) is 5.82 Å². The van der Waals surface area contributed by atoms with Crippen LogP contribution in [0.5, 0.6) is 5.75 Å². The normalized spacial score (nSPS) is 15.2. The number of carbonyl (C=O) groups excluding carboxylic acids is 1. The summed E-state index contributed by atoms with van der Waals surface area (Å²) in [6.07, 6.45) is 1.80. The Kier molecular flexibility index (Phi) is 8.14. The molecule has 1 aromatic heterocycles. The standard InChI is InChI=1S/C31H26BrFN2O4S/c1-4-38-30(37)26-27(20-8-6-5-7-9-20)34-31-35(28(26)21-11-13-22(33)14-12-21)29(36)25(40-31)17-19-10-15-24(23(32)16-19)39-18(2)3/h5-18,28H,4H2,1-3H3/b25-17-/t28-/m1/s1. The van der Waals surface area contributed by atoms with Crippen LogP contribution in [0.15, 0.2) is 92.6 Å². The highest BCUT2D eigenvalue weighted by Crippen LogP contribution is 2.35. The van der Waals surface area contributed by atoms with Crippen LogP contribution in [-0.2, 0) is 9.53 Å². The first-order valence-corrected chi connectivity index (χ1v) is 14.4. The largest absolute Gasteiger partial charge is 0.490 e. The summed E-state index contributed by atoms with van der Waals surface area (Å²) in [6.45, 7) is 5.77. The Morgan fingerprint density at radius 2 is 1.85 bits per heavy atom. The third-order valence-electron chi connectivity index (χ3n) is 6.18. The lowest BCUT2D eigenvalue weighted by atomic mass is 9.93. The van der Waals surface area contributed by atoms with Crippen molar-refractivity contribution in [1.29, 1.82) is 0 Å². The number of hydrogen-bond acceptors (Lipinski definition) is 6. The van der Waals surface area contributed by atoms with Gasteiger partial charge in [-0.15, -0.1) is 0 Å². The molecular formula is C31H26BrFN2O4S. The highest BCUT2D eigenvalue weighted by molar-refractivity contribution is 9.10. The van der Waals surface area contributed by atoms with E-state index in [0.29, 0.717) is 31.9 Å². The maximum atomic E-state index is 13.9. The molecule has 0 fully saturated rings. The van der Waals surface area contributed by atoms with Crippen molar-refractivity contribution in [2.75, 3.05) is 6.61 Å². The topological polar surface area (TPSA) is 69.9 Å². The zero-order valence-corrected chi connectivity index (χ0v) is 24.5. The molecule has 2 heterocycles. The van der Waals surface area contributed by atoms with E-state index < -0.39 is 17.8 Å². The number of benzene rings is 3. The summed E-state index contributed by atoms with van der Waals surface area (Å²) in [5.74, 6) is -0.300. The molecule has 1 aliphatic rings. The van der Waals surface area contributed by atoms with Gasteiger partial charge in [-0.3, -0.25) is 9.36 Å². The number of fused-ring (bicyclic) bond motifs is 1. The molecule has 0 unspecified atom stereocenters. The van der Waals surface area contributed by atoms with E-state index in [0.717, 1.165) is 10.0 Å². The average molecular weight is 622 g/mol. The summed E-state index contributed by atoms with van der Waals surface area (Å²) in [4.78, 5) is 32.6. The molecule has 1 aliphatic heterocycles. The molecule has 4 aromatic rings. The van der Waals surface area contributed by atoms with Crippen molar-refractivity contribution < 1.29 is 18.7 Å². The molecule has 0 radical (unpaired) electrons. The molecule has 0 saturated carbocycles. The Balaban J connectivity index is 1.75. The van der Waals surface area contributed by atoms with E-state index >= 15 is 0 Å². The van der Waals surface area contributed by atoms with Crippen LogP contribution in [0.4, 0.5) is 4.39 Å². The van der Waals surface area contributed by atoms with Crippen LogP contribution in [-0.4, -0.2) is 23.2 Å². The second-order valence-corrected chi connectivity index (χ2v) is 11.2. The summed E-state index contributed by atoms with van der Waals surface area (Å²) in [5, 5.41) is 0. The first-order chi connectivity index (χ1) is 19.3. The molecule has 1 atom stereocenters. The lowest BCUT2D eigenvalue weighted by molar-refractivity contribution is -0.138.